The number of amides is 2. The summed E-state index contributed by atoms with van der Waals surface area (Å²) in [7, 11) is 2.76. The summed E-state index contributed by atoms with van der Waals surface area (Å²) in [6, 6.07) is 17.4. The second-order valence-corrected chi connectivity index (χ2v) is 21.6. The maximum absolute atomic E-state index is 14.2. The summed E-state index contributed by atoms with van der Waals surface area (Å²) in [6.07, 6.45) is 18.8. The van der Waals surface area contributed by atoms with E-state index in [0.717, 1.165) is 43.3 Å². The van der Waals surface area contributed by atoms with Crippen molar-refractivity contribution in [2.75, 3.05) is 70.9 Å². The van der Waals surface area contributed by atoms with E-state index >= 15 is 0 Å². The van der Waals surface area contributed by atoms with Crippen LogP contribution in [-0.2, 0) is 51.0 Å². The van der Waals surface area contributed by atoms with Gasteiger partial charge in [-0.15, -0.1) is 0 Å². The van der Waals surface area contributed by atoms with Crippen molar-refractivity contribution in [1.29, 1.82) is 0 Å². The van der Waals surface area contributed by atoms with Gasteiger partial charge in [0.05, 0.1) is 58.4 Å². The van der Waals surface area contributed by atoms with E-state index in [2.05, 4.69) is 22.2 Å². The smallest absolute Gasteiger partial charge is 0.435 e. The highest BCUT2D eigenvalue weighted by atomic mass is 31.2. The first kappa shape index (κ1) is 62.8. The SMILES string of the molecule is CCCCCCCCCCCCCCCCCC(=O)OC(COC(=O)CCN(C(=O)c1ccc2c(c1)nc(CNc1ccc(/C(N)=N/C(=O)OCCCC)cc1)n2C)c1ccccn1)COP(=O)([O-])OCC[N+](C)(C)C. The number of hydrogen-bond donors (Lipinski definition) is 2. The van der Waals surface area contributed by atoms with E-state index < -0.39 is 51.1 Å². The highest BCUT2D eigenvalue weighted by molar-refractivity contribution is 7.45. The molecule has 0 bridgehead atoms. The Bertz CT molecular complexity index is 2450. The van der Waals surface area contributed by atoms with Crippen LogP contribution >= 0.6 is 7.82 Å². The number of aryl methyl sites for hydroxylation is 1. The molecule has 2 unspecified atom stereocenters. The van der Waals surface area contributed by atoms with Crippen molar-refractivity contribution >= 4 is 60.1 Å². The number of nitrogens with zero attached hydrogens (tertiary/aromatic N) is 6. The van der Waals surface area contributed by atoms with Crippen molar-refractivity contribution < 1.29 is 56.4 Å². The van der Waals surface area contributed by atoms with Gasteiger partial charge in [-0.05, 0) is 67.4 Å². The molecule has 2 aromatic carbocycles. The lowest BCUT2D eigenvalue weighted by Crippen LogP contribution is -2.37. The van der Waals surface area contributed by atoms with Crippen LogP contribution in [0.25, 0.3) is 11.0 Å². The number of esters is 2. The lowest BCUT2D eigenvalue weighted by molar-refractivity contribution is -0.870. The number of rotatable bonds is 38. The number of imidazole rings is 1. The maximum Gasteiger partial charge on any atom is 0.435 e. The molecule has 4 rings (SSSR count). The van der Waals surface area contributed by atoms with Crippen LogP contribution < -0.4 is 20.8 Å². The van der Waals surface area contributed by atoms with Gasteiger partial charge in [-0.25, -0.2) is 14.8 Å². The molecule has 2 heterocycles. The average molecular weight is 1080 g/mol. The number of ether oxygens (including phenoxy) is 3. The first-order chi connectivity index (χ1) is 36.5. The molecule has 2 aromatic heterocycles. The minimum absolute atomic E-state index is 0.0508. The van der Waals surface area contributed by atoms with Gasteiger partial charge >= 0.3 is 18.0 Å². The number of benzene rings is 2. The minimum Gasteiger partial charge on any atom is -0.756 e. The monoisotopic (exact) mass is 1080 g/mol. The largest absolute Gasteiger partial charge is 0.756 e. The Kier molecular flexibility index (Phi) is 28.2. The van der Waals surface area contributed by atoms with Gasteiger partial charge in [0, 0.05) is 43.0 Å². The second kappa shape index (κ2) is 34.1. The number of likely N-dealkylation sites (N-methyl/N-ethyl adjacent to an activating group) is 1. The van der Waals surface area contributed by atoms with E-state index in [1.165, 1.54) is 81.7 Å². The van der Waals surface area contributed by atoms with Crippen molar-refractivity contribution in [3.63, 3.8) is 0 Å². The van der Waals surface area contributed by atoms with Crippen LogP contribution in [0.3, 0.4) is 0 Å². The van der Waals surface area contributed by atoms with Gasteiger partial charge in [0.2, 0.25) is 0 Å². The summed E-state index contributed by atoms with van der Waals surface area (Å²) >= 11 is 0. The number of carbonyl (C=O) groups excluding carboxylic acids is 4. The number of aliphatic imine (C=N–C) groups is 1. The molecule has 20 heteroatoms. The Balaban J connectivity index is 1.31. The molecule has 0 saturated carbocycles. The number of amidine groups is 1. The highest BCUT2D eigenvalue weighted by Crippen LogP contribution is 2.38. The third kappa shape index (κ3) is 24.5. The third-order valence-corrected chi connectivity index (χ3v) is 13.6. The fourth-order valence-corrected chi connectivity index (χ4v) is 8.80. The lowest BCUT2D eigenvalue weighted by Gasteiger charge is -2.28. The number of unbranched alkanes of at least 4 members (excludes halogenated alkanes) is 15. The third-order valence-electron chi connectivity index (χ3n) is 12.6. The van der Waals surface area contributed by atoms with E-state index in [1.807, 2.05) is 51.8 Å². The zero-order valence-corrected chi connectivity index (χ0v) is 46.9. The molecule has 0 aliphatic rings. The quantitative estimate of drug-likeness (QED) is 0.00807. The van der Waals surface area contributed by atoms with Crippen LogP contribution in [0.4, 0.5) is 16.3 Å². The van der Waals surface area contributed by atoms with E-state index in [4.69, 9.17) is 34.0 Å². The van der Waals surface area contributed by atoms with Gasteiger partial charge in [0.15, 0.2) is 6.10 Å². The van der Waals surface area contributed by atoms with Gasteiger partial charge in [0.1, 0.15) is 37.2 Å². The van der Waals surface area contributed by atoms with Crippen molar-refractivity contribution in [3.05, 3.63) is 83.8 Å². The molecule has 0 aliphatic heterocycles. The molecule has 3 N–H and O–H groups in total. The molecular formula is C56H85N8O11P. The predicted octanol–water partition coefficient (Wildman–Crippen LogP) is 10.2. The highest BCUT2D eigenvalue weighted by Gasteiger charge is 2.25. The Hall–Kier alpha value is -5.72. The minimum atomic E-state index is -4.79. The number of pyridine rings is 1. The van der Waals surface area contributed by atoms with Crippen LogP contribution in [0.2, 0.25) is 0 Å². The summed E-state index contributed by atoms with van der Waals surface area (Å²) in [5.41, 5.74) is 9.03. The zero-order valence-electron chi connectivity index (χ0n) is 46.0. The van der Waals surface area contributed by atoms with E-state index in [0.29, 0.717) is 52.3 Å². The Labute approximate surface area is 450 Å². The van der Waals surface area contributed by atoms with E-state index in [-0.39, 0.29) is 38.4 Å². The molecule has 0 radical (unpaired) electrons. The molecule has 76 heavy (non-hydrogen) atoms. The van der Waals surface area contributed by atoms with Gasteiger partial charge in [-0.3, -0.25) is 23.8 Å². The molecule has 0 fully saturated rings. The standard InChI is InChI=1S/C56H85N8O11P/c1-7-9-11-12-13-14-15-16-17-18-19-20-21-22-23-27-53(66)75-47(43-74-76(69,70)73-39-37-64(4,5)6)42-72-52(65)34-36-63(50-26-24-25-35-58-50)55(67)45-30-33-49-48(40-45)60-51(62(49)3)41-59-46-31-28-44(29-32-46)54(57)61-56(68)71-38-10-8-2/h24-26,28-33,35,40,47H,7-23,27,34,36-39,41-43H2,1-6H3,(H3-,57,59,61,68,69,70). The number of aromatic nitrogens is 3. The molecule has 420 valence electrons. The molecule has 0 aliphatic carbocycles. The molecule has 2 amide bonds. The van der Waals surface area contributed by atoms with Crippen molar-refractivity contribution in [3.8, 4) is 0 Å². The molecule has 0 saturated heterocycles. The fraction of sp³-hybridized carbons (Fsp3) is 0.589. The van der Waals surface area contributed by atoms with E-state index in [1.54, 1.807) is 48.5 Å². The Morgan fingerprint density at radius 3 is 2.01 bits per heavy atom. The average Bonchev–Trinajstić information content (AvgIpc) is 3.71. The molecular weight excluding hydrogens is 992 g/mol. The molecule has 4 aromatic rings. The zero-order chi connectivity index (χ0) is 55.2. The number of nitrogens with one attached hydrogen (secondary N) is 1. The summed E-state index contributed by atoms with van der Waals surface area (Å²) < 4.78 is 41.4. The number of anilines is 2. The van der Waals surface area contributed by atoms with Crippen LogP contribution in [0, 0.1) is 0 Å². The first-order valence-corrected chi connectivity index (χ1v) is 28.7. The van der Waals surface area contributed by atoms with Crippen LogP contribution in [0.5, 0.6) is 0 Å². The normalized spacial score (nSPS) is 13.0. The number of nitrogens with two attached hydrogens (primary N) is 1. The predicted molar refractivity (Wildman–Crippen MR) is 295 cm³/mol. The topological polar surface area (TPSA) is 239 Å². The second-order valence-electron chi connectivity index (χ2n) is 20.2. The summed E-state index contributed by atoms with van der Waals surface area (Å²) in [5.74, 6) is -0.691. The number of quaternary nitrogens is 1. The summed E-state index contributed by atoms with van der Waals surface area (Å²) in [5, 5.41) is 3.34. The lowest BCUT2D eigenvalue weighted by atomic mass is 10.0. The van der Waals surface area contributed by atoms with Crippen LogP contribution in [-0.4, -0.2) is 116 Å². The maximum atomic E-state index is 14.2. The summed E-state index contributed by atoms with van der Waals surface area (Å²) in [6.45, 7) is 3.92. The van der Waals surface area contributed by atoms with Crippen molar-refractivity contribution in [2.45, 2.75) is 148 Å². The molecule has 0 spiro atoms. The van der Waals surface area contributed by atoms with Gasteiger partial charge in [0.25, 0.3) is 13.7 Å². The number of carbonyl (C=O) groups is 4. The van der Waals surface area contributed by atoms with E-state index in [9.17, 15) is 28.6 Å². The molecule has 2 atom stereocenters. The first-order valence-electron chi connectivity index (χ1n) is 27.3. The van der Waals surface area contributed by atoms with Gasteiger partial charge in [-0.2, -0.15) is 4.99 Å². The van der Waals surface area contributed by atoms with Crippen molar-refractivity contribution in [1.82, 2.24) is 14.5 Å². The Morgan fingerprint density at radius 1 is 0.763 bits per heavy atom. The number of hydrogen-bond acceptors (Lipinski definition) is 14. The fourth-order valence-electron chi connectivity index (χ4n) is 8.07. The number of phosphoric ester groups is 1. The van der Waals surface area contributed by atoms with Crippen molar-refractivity contribution in [2.24, 2.45) is 17.8 Å². The summed E-state index contributed by atoms with van der Waals surface area (Å²) in [4.78, 5) is 79.6. The van der Waals surface area contributed by atoms with Gasteiger partial charge < -0.3 is 48.3 Å². The molecule has 19 nitrogen and oxygen atoms in total. The van der Waals surface area contributed by atoms with Crippen LogP contribution in [0.15, 0.2) is 71.9 Å². The van der Waals surface area contributed by atoms with Crippen LogP contribution in [0.1, 0.15) is 158 Å². The number of fused-ring (bicyclic) bond motifs is 1. The number of phosphoric acid groups is 1. The van der Waals surface area contributed by atoms with Gasteiger partial charge in [-0.1, -0.05) is 116 Å². The Morgan fingerprint density at radius 2 is 1.39 bits per heavy atom.